The average molecular weight is 363 g/mol. The van der Waals surface area contributed by atoms with E-state index in [9.17, 15) is 14.0 Å². The van der Waals surface area contributed by atoms with Crippen molar-refractivity contribution in [3.8, 4) is 11.5 Å². The van der Waals surface area contributed by atoms with Crippen LogP contribution in [-0.2, 0) is 4.79 Å². The molecule has 0 aromatic heterocycles. The van der Waals surface area contributed by atoms with E-state index in [1.807, 2.05) is 5.43 Å². The van der Waals surface area contributed by atoms with Crippen molar-refractivity contribution in [1.29, 1.82) is 0 Å². The maximum absolute atomic E-state index is 13.9. The van der Waals surface area contributed by atoms with Crippen LogP contribution in [0.25, 0.3) is 6.08 Å². The third-order valence-electron chi connectivity index (χ3n) is 3.45. The Morgan fingerprint density at radius 2 is 2.16 bits per heavy atom. The van der Waals surface area contributed by atoms with E-state index in [0.29, 0.717) is 11.3 Å². The Hall–Kier alpha value is -2.90. The molecule has 3 N–H and O–H groups in total. The largest absolute Gasteiger partial charge is 0.484 e. The molecule has 0 atom stereocenters. The van der Waals surface area contributed by atoms with Gasteiger partial charge in [0.05, 0.1) is 10.6 Å². The van der Waals surface area contributed by atoms with E-state index in [-0.39, 0.29) is 28.7 Å². The van der Waals surface area contributed by atoms with Crippen molar-refractivity contribution < 1.29 is 23.5 Å². The van der Waals surface area contributed by atoms with Gasteiger partial charge >= 0.3 is 0 Å². The summed E-state index contributed by atoms with van der Waals surface area (Å²) in [6.45, 7) is -0.281. The van der Waals surface area contributed by atoms with Crippen LogP contribution in [0, 0.1) is 5.82 Å². The average Bonchev–Trinajstić information content (AvgIpc) is 2.91. The number of hydrazine groups is 1. The van der Waals surface area contributed by atoms with Gasteiger partial charge in [0.1, 0.15) is 17.3 Å². The van der Waals surface area contributed by atoms with Gasteiger partial charge in [-0.2, -0.15) is 0 Å². The fourth-order valence-corrected chi connectivity index (χ4v) is 2.44. The van der Waals surface area contributed by atoms with Gasteiger partial charge in [-0.3, -0.25) is 15.0 Å². The Morgan fingerprint density at radius 3 is 2.88 bits per heavy atom. The highest BCUT2D eigenvalue weighted by Gasteiger charge is 2.28. The number of carbonyl (C=O) groups is 2. The van der Waals surface area contributed by atoms with Crippen molar-refractivity contribution in [2.24, 2.45) is 5.84 Å². The Labute approximate surface area is 146 Å². The zero-order chi connectivity index (χ0) is 18.0. The minimum absolute atomic E-state index is 0.0566. The third-order valence-corrected chi connectivity index (χ3v) is 3.78. The topological polar surface area (TPSA) is 90.7 Å². The number of halogens is 2. The van der Waals surface area contributed by atoms with Crippen LogP contribution in [0.1, 0.15) is 15.9 Å². The molecular weight excluding hydrogens is 351 g/mol. The van der Waals surface area contributed by atoms with Crippen LogP contribution in [0.15, 0.2) is 42.2 Å². The summed E-state index contributed by atoms with van der Waals surface area (Å²) in [5.41, 5.74) is 2.30. The van der Waals surface area contributed by atoms with Gasteiger partial charge in [0.25, 0.3) is 5.91 Å². The molecule has 0 spiro atoms. The minimum atomic E-state index is -0.566. The van der Waals surface area contributed by atoms with Crippen molar-refractivity contribution in [3.05, 3.63) is 64.1 Å². The van der Waals surface area contributed by atoms with E-state index in [1.54, 1.807) is 0 Å². The number of hydrogen-bond donors (Lipinski definition) is 2. The van der Waals surface area contributed by atoms with Gasteiger partial charge < -0.3 is 9.47 Å². The number of allylic oxidation sites excluding steroid dienone is 1. The molecule has 6 nitrogen and oxygen atoms in total. The summed E-state index contributed by atoms with van der Waals surface area (Å²) < 4.78 is 24.6. The number of fused-ring (bicyclic) bond motifs is 1. The molecule has 0 aliphatic carbocycles. The number of carbonyl (C=O) groups excluding carboxylic acids is 2. The molecule has 2 aromatic rings. The van der Waals surface area contributed by atoms with Crippen molar-refractivity contribution in [3.63, 3.8) is 0 Å². The van der Waals surface area contributed by atoms with E-state index in [1.165, 1.54) is 42.5 Å². The van der Waals surface area contributed by atoms with Crippen LogP contribution >= 0.6 is 11.6 Å². The first-order valence-electron chi connectivity index (χ1n) is 7.14. The van der Waals surface area contributed by atoms with Gasteiger partial charge in [-0.1, -0.05) is 17.7 Å². The first-order chi connectivity index (χ1) is 12.0. The summed E-state index contributed by atoms with van der Waals surface area (Å²) in [5, 5.41) is 0.164. The number of nitrogens with one attached hydrogen (secondary N) is 1. The zero-order valence-corrected chi connectivity index (χ0v) is 13.5. The van der Waals surface area contributed by atoms with Crippen LogP contribution < -0.4 is 20.7 Å². The molecule has 1 amide bonds. The molecule has 0 bridgehead atoms. The molecule has 1 aliphatic rings. The Balaban J connectivity index is 1.86. The molecule has 1 heterocycles. The van der Waals surface area contributed by atoms with Crippen molar-refractivity contribution >= 4 is 29.4 Å². The van der Waals surface area contributed by atoms with Gasteiger partial charge in [0, 0.05) is 11.6 Å². The standard InChI is InChI=1S/C17H12ClFN2O4/c18-12-2-1-3-13(19)11(12)7-15-17(23)10-5-4-9(6-14(10)25-15)24-8-16(22)21-20/h1-7H,8,20H2,(H,21,22)/b15-7-. The number of ether oxygens (including phenoxy) is 2. The summed E-state index contributed by atoms with van der Waals surface area (Å²) in [6.07, 6.45) is 1.25. The first kappa shape index (κ1) is 16.9. The smallest absolute Gasteiger partial charge is 0.271 e. The molecule has 0 fully saturated rings. The first-order valence-corrected chi connectivity index (χ1v) is 7.52. The molecule has 128 valence electrons. The fourth-order valence-electron chi connectivity index (χ4n) is 2.23. The van der Waals surface area contributed by atoms with Crippen LogP contribution in [0.5, 0.6) is 11.5 Å². The minimum Gasteiger partial charge on any atom is -0.484 e. The van der Waals surface area contributed by atoms with E-state index < -0.39 is 17.5 Å². The third kappa shape index (κ3) is 3.47. The van der Waals surface area contributed by atoms with Gasteiger partial charge in [-0.15, -0.1) is 0 Å². The monoisotopic (exact) mass is 362 g/mol. The molecule has 25 heavy (non-hydrogen) atoms. The van der Waals surface area contributed by atoms with Crippen LogP contribution in [0.2, 0.25) is 5.02 Å². The van der Waals surface area contributed by atoms with Crippen molar-refractivity contribution in [2.75, 3.05) is 6.61 Å². The predicted octanol–water partition coefficient (Wildman–Crippen LogP) is 2.46. The quantitative estimate of drug-likeness (QED) is 0.377. The molecular formula is C17H12ClFN2O4. The lowest BCUT2D eigenvalue weighted by molar-refractivity contribution is -0.123. The number of benzene rings is 2. The molecule has 3 rings (SSSR count). The van der Waals surface area contributed by atoms with Gasteiger partial charge in [0.2, 0.25) is 5.78 Å². The van der Waals surface area contributed by atoms with Crippen LogP contribution in [0.3, 0.4) is 0 Å². The van der Waals surface area contributed by atoms with E-state index in [0.717, 1.165) is 0 Å². The fraction of sp³-hybridized carbons (Fsp3) is 0.0588. The number of ketones is 1. The highest BCUT2D eigenvalue weighted by Crippen LogP contribution is 2.35. The van der Waals surface area contributed by atoms with Crippen LogP contribution in [0.4, 0.5) is 4.39 Å². The van der Waals surface area contributed by atoms with E-state index in [2.05, 4.69) is 0 Å². The molecule has 0 saturated heterocycles. The molecule has 0 unspecified atom stereocenters. The Kier molecular flexibility index (Phi) is 4.69. The number of nitrogens with two attached hydrogens (primary N) is 1. The SMILES string of the molecule is NNC(=O)COc1ccc2c(c1)O/C(=C\c1c(F)cccc1Cl)C2=O. The Morgan fingerprint density at radius 1 is 1.36 bits per heavy atom. The normalized spacial score (nSPS) is 14.2. The second kappa shape index (κ2) is 6.92. The molecule has 8 heteroatoms. The van der Waals surface area contributed by atoms with Gasteiger partial charge in [-0.25, -0.2) is 10.2 Å². The van der Waals surface area contributed by atoms with Gasteiger partial charge in [0.15, 0.2) is 12.4 Å². The molecule has 1 aliphatic heterocycles. The van der Waals surface area contributed by atoms with Crippen molar-refractivity contribution in [2.45, 2.75) is 0 Å². The van der Waals surface area contributed by atoms with Gasteiger partial charge in [-0.05, 0) is 30.3 Å². The highest BCUT2D eigenvalue weighted by atomic mass is 35.5. The number of amides is 1. The summed E-state index contributed by atoms with van der Waals surface area (Å²) in [6, 6.07) is 8.69. The lowest BCUT2D eigenvalue weighted by Crippen LogP contribution is -2.34. The summed E-state index contributed by atoms with van der Waals surface area (Å²) in [4.78, 5) is 23.5. The highest BCUT2D eigenvalue weighted by molar-refractivity contribution is 6.32. The number of hydrogen-bond acceptors (Lipinski definition) is 5. The molecule has 0 saturated carbocycles. The molecule has 0 radical (unpaired) electrons. The number of Topliss-reactive ketones (excluding diaryl/α,β-unsaturated/α-hetero) is 1. The summed E-state index contributed by atoms with van der Waals surface area (Å²) in [7, 11) is 0. The van der Waals surface area contributed by atoms with Crippen LogP contribution in [-0.4, -0.2) is 18.3 Å². The van der Waals surface area contributed by atoms with E-state index in [4.69, 9.17) is 26.9 Å². The number of rotatable bonds is 4. The maximum atomic E-state index is 13.9. The van der Waals surface area contributed by atoms with E-state index >= 15 is 0 Å². The molecule has 2 aromatic carbocycles. The summed E-state index contributed by atoms with van der Waals surface area (Å²) in [5.74, 6) is 4.00. The summed E-state index contributed by atoms with van der Waals surface area (Å²) >= 11 is 5.96. The second-order valence-electron chi connectivity index (χ2n) is 5.09. The van der Waals surface area contributed by atoms with Crippen molar-refractivity contribution in [1.82, 2.24) is 5.43 Å². The zero-order valence-electron chi connectivity index (χ0n) is 12.7. The lowest BCUT2D eigenvalue weighted by atomic mass is 10.1. The Bertz CT molecular complexity index is 878. The maximum Gasteiger partial charge on any atom is 0.271 e. The predicted molar refractivity (Wildman–Crippen MR) is 88.6 cm³/mol. The second-order valence-corrected chi connectivity index (χ2v) is 5.50. The lowest BCUT2D eigenvalue weighted by Gasteiger charge is -2.06.